The Morgan fingerprint density at radius 1 is 0.875 bits per heavy atom. The van der Waals surface area contributed by atoms with Crippen molar-refractivity contribution in [3.05, 3.63) is 42.2 Å². The Balaban J connectivity index is 1.15. The summed E-state index contributed by atoms with van der Waals surface area (Å²) in [6, 6.07) is 8.89. The first-order chi connectivity index (χ1) is 15.8. The third-order valence-electron chi connectivity index (χ3n) is 6.98. The summed E-state index contributed by atoms with van der Waals surface area (Å²) in [4.78, 5) is 26.0. The number of ether oxygens (including phenoxy) is 2. The molecule has 3 aliphatic rings. The molecule has 0 unspecified atom stereocenters. The SMILES string of the molecule is O=C(c1ccc(-c2cnc(OC3CCN(C4CCCC4)CC3)nc2)cc1)N1CCOCC1. The van der Waals surface area contributed by atoms with Gasteiger partial charge in [0.25, 0.3) is 5.91 Å². The number of rotatable bonds is 5. The van der Waals surface area contributed by atoms with Crippen LogP contribution in [-0.4, -0.2) is 77.2 Å². The van der Waals surface area contributed by atoms with Crippen molar-refractivity contribution in [3.8, 4) is 17.1 Å². The van der Waals surface area contributed by atoms with Gasteiger partial charge in [-0.05, 0) is 43.4 Å². The van der Waals surface area contributed by atoms with Gasteiger partial charge in [0.1, 0.15) is 6.10 Å². The molecule has 1 amide bonds. The third kappa shape index (κ3) is 4.94. The third-order valence-corrected chi connectivity index (χ3v) is 6.98. The van der Waals surface area contributed by atoms with Crippen LogP contribution in [-0.2, 0) is 4.74 Å². The maximum absolute atomic E-state index is 12.6. The second-order valence-electron chi connectivity index (χ2n) is 9.03. The summed E-state index contributed by atoms with van der Waals surface area (Å²) in [5, 5.41) is 0. The van der Waals surface area contributed by atoms with Crippen LogP contribution in [0.25, 0.3) is 11.1 Å². The largest absolute Gasteiger partial charge is 0.460 e. The van der Waals surface area contributed by atoms with E-state index in [1.54, 1.807) is 12.4 Å². The molecule has 2 aromatic rings. The van der Waals surface area contributed by atoms with Crippen LogP contribution < -0.4 is 4.74 Å². The first-order valence-corrected chi connectivity index (χ1v) is 12.0. The van der Waals surface area contributed by atoms with E-state index in [1.165, 1.54) is 25.7 Å². The highest BCUT2D eigenvalue weighted by molar-refractivity contribution is 5.94. The molecule has 0 bridgehead atoms. The average Bonchev–Trinajstić information content (AvgIpc) is 3.40. The number of likely N-dealkylation sites (tertiary alicyclic amines) is 1. The van der Waals surface area contributed by atoms with E-state index in [2.05, 4.69) is 14.9 Å². The first-order valence-electron chi connectivity index (χ1n) is 12.0. The minimum atomic E-state index is 0.0545. The van der Waals surface area contributed by atoms with Crippen molar-refractivity contribution in [2.45, 2.75) is 50.7 Å². The lowest BCUT2D eigenvalue weighted by Crippen LogP contribution is -2.43. The summed E-state index contributed by atoms with van der Waals surface area (Å²) in [6.07, 6.45) is 11.4. The molecule has 3 heterocycles. The number of hydrogen-bond acceptors (Lipinski definition) is 6. The summed E-state index contributed by atoms with van der Waals surface area (Å²) in [5.74, 6) is 0.0545. The fourth-order valence-electron chi connectivity index (χ4n) is 5.06. The van der Waals surface area contributed by atoms with Crippen molar-refractivity contribution in [1.29, 1.82) is 0 Å². The van der Waals surface area contributed by atoms with Gasteiger partial charge >= 0.3 is 6.01 Å². The number of amides is 1. The maximum atomic E-state index is 12.6. The molecule has 170 valence electrons. The molecule has 0 radical (unpaired) electrons. The van der Waals surface area contributed by atoms with E-state index in [-0.39, 0.29) is 12.0 Å². The average molecular weight is 437 g/mol. The normalized spacial score (nSPS) is 21.1. The quantitative estimate of drug-likeness (QED) is 0.716. The zero-order chi connectivity index (χ0) is 21.8. The molecule has 0 spiro atoms. The number of carbonyl (C=O) groups is 1. The highest BCUT2D eigenvalue weighted by atomic mass is 16.5. The molecule has 2 saturated heterocycles. The first kappa shape index (κ1) is 21.3. The summed E-state index contributed by atoms with van der Waals surface area (Å²) in [5.41, 5.74) is 2.60. The fourth-order valence-corrected chi connectivity index (χ4v) is 5.06. The van der Waals surface area contributed by atoms with Crippen molar-refractivity contribution < 1.29 is 14.3 Å². The van der Waals surface area contributed by atoms with Crippen LogP contribution in [0.15, 0.2) is 36.7 Å². The van der Waals surface area contributed by atoms with E-state index in [4.69, 9.17) is 9.47 Å². The molecule has 3 fully saturated rings. The zero-order valence-electron chi connectivity index (χ0n) is 18.6. The number of nitrogens with zero attached hydrogens (tertiary/aromatic N) is 4. The maximum Gasteiger partial charge on any atom is 0.316 e. The fraction of sp³-hybridized carbons (Fsp3) is 0.560. The van der Waals surface area contributed by atoms with E-state index < -0.39 is 0 Å². The highest BCUT2D eigenvalue weighted by Gasteiger charge is 2.28. The van der Waals surface area contributed by atoms with Gasteiger partial charge in [-0.1, -0.05) is 25.0 Å². The summed E-state index contributed by atoms with van der Waals surface area (Å²) in [6.45, 7) is 4.74. The molecule has 1 aromatic heterocycles. The Bertz CT molecular complexity index is 882. The predicted octanol–water partition coefficient (Wildman–Crippen LogP) is 3.40. The standard InChI is InChI=1S/C25H32N4O3/c30-24(29-13-15-31-16-14-29)20-7-5-19(6-8-20)21-17-26-25(27-18-21)32-23-9-11-28(12-10-23)22-3-1-2-4-22/h5-8,17-18,22-23H,1-4,9-16H2. The van der Waals surface area contributed by atoms with E-state index >= 15 is 0 Å². The number of carbonyl (C=O) groups excluding carboxylic acids is 1. The van der Waals surface area contributed by atoms with E-state index in [1.807, 2.05) is 29.2 Å². The summed E-state index contributed by atoms with van der Waals surface area (Å²) in [7, 11) is 0. The number of hydrogen-bond donors (Lipinski definition) is 0. The van der Waals surface area contributed by atoms with Crippen molar-refractivity contribution in [1.82, 2.24) is 19.8 Å². The van der Waals surface area contributed by atoms with E-state index in [0.717, 1.165) is 43.1 Å². The Labute approximate surface area is 189 Å². The van der Waals surface area contributed by atoms with Crippen LogP contribution in [0.5, 0.6) is 6.01 Å². The van der Waals surface area contributed by atoms with Gasteiger partial charge in [0.2, 0.25) is 0 Å². The smallest absolute Gasteiger partial charge is 0.316 e. The lowest BCUT2D eigenvalue weighted by atomic mass is 10.0. The van der Waals surface area contributed by atoms with Crippen molar-refractivity contribution >= 4 is 5.91 Å². The van der Waals surface area contributed by atoms with Gasteiger partial charge in [-0.3, -0.25) is 4.79 Å². The van der Waals surface area contributed by atoms with Gasteiger partial charge in [-0.25, -0.2) is 9.97 Å². The van der Waals surface area contributed by atoms with Crippen molar-refractivity contribution in [3.63, 3.8) is 0 Å². The molecule has 1 aliphatic carbocycles. The molecule has 5 rings (SSSR count). The summed E-state index contributed by atoms with van der Waals surface area (Å²) < 4.78 is 11.4. The second-order valence-corrected chi connectivity index (χ2v) is 9.03. The number of morpholine rings is 1. The van der Waals surface area contributed by atoms with Crippen molar-refractivity contribution in [2.24, 2.45) is 0 Å². The lowest BCUT2D eigenvalue weighted by Gasteiger charge is -2.35. The molecule has 0 N–H and O–H groups in total. The Morgan fingerprint density at radius 3 is 2.19 bits per heavy atom. The molecule has 1 aromatic carbocycles. The van der Waals surface area contributed by atoms with Crippen LogP contribution in [0.2, 0.25) is 0 Å². The van der Waals surface area contributed by atoms with E-state index in [0.29, 0.717) is 37.9 Å². The molecule has 32 heavy (non-hydrogen) atoms. The van der Waals surface area contributed by atoms with Gasteiger partial charge in [-0.15, -0.1) is 0 Å². The summed E-state index contributed by atoms with van der Waals surface area (Å²) >= 11 is 0. The van der Waals surface area contributed by atoms with Crippen LogP contribution >= 0.6 is 0 Å². The van der Waals surface area contributed by atoms with Crippen LogP contribution in [0.4, 0.5) is 0 Å². The van der Waals surface area contributed by atoms with Crippen LogP contribution in [0.1, 0.15) is 48.9 Å². The Hall–Kier alpha value is -2.51. The monoisotopic (exact) mass is 436 g/mol. The molecule has 2 aliphatic heterocycles. The molecule has 1 saturated carbocycles. The van der Waals surface area contributed by atoms with Gasteiger partial charge in [-0.2, -0.15) is 0 Å². The molecule has 7 nitrogen and oxygen atoms in total. The van der Waals surface area contributed by atoms with Gasteiger partial charge in [0.05, 0.1) is 13.2 Å². The molecule has 7 heteroatoms. The van der Waals surface area contributed by atoms with Crippen molar-refractivity contribution in [2.75, 3.05) is 39.4 Å². The minimum Gasteiger partial charge on any atom is -0.460 e. The van der Waals surface area contributed by atoms with Crippen LogP contribution in [0, 0.1) is 0 Å². The lowest BCUT2D eigenvalue weighted by molar-refractivity contribution is 0.0303. The Morgan fingerprint density at radius 2 is 1.53 bits per heavy atom. The number of piperidine rings is 1. The molecular weight excluding hydrogens is 404 g/mol. The zero-order valence-corrected chi connectivity index (χ0v) is 18.6. The van der Waals surface area contributed by atoms with Gasteiger partial charge in [0.15, 0.2) is 0 Å². The number of benzene rings is 1. The van der Waals surface area contributed by atoms with E-state index in [9.17, 15) is 4.79 Å². The highest BCUT2D eigenvalue weighted by Crippen LogP contribution is 2.27. The number of aromatic nitrogens is 2. The Kier molecular flexibility index (Phi) is 6.64. The topological polar surface area (TPSA) is 67.8 Å². The second kappa shape index (κ2) is 9.96. The molecular formula is C25H32N4O3. The van der Waals surface area contributed by atoms with Gasteiger partial charge in [0, 0.05) is 55.7 Å². The van der Waals surface area contributed by atoms with Gasteiger partial charge < -0.3 is 19.3 Å². The minimum absolute atomic E-state index is 0.0545. The molecule has 0 atom stereocenters. The van der Waals surface area contributed by atoms with Crippen LogP contribution in [0.3, 0.4) is 0 Å². The predicted molar refractivity (Wildman–Crippen MR) is 122 cm³/mol.